The van der Waals surface area contributed by atoms with Gasteiger partial charge < -0.3 is 9.80 Å². The van der Waals surface area contributed by atoms with Crippen molar-refractivity contribution in [2.24, 2.45) is 4.99 Å². The van der Waals surface area contributed by atoms with Crippen LogP contribution in [-0.4, -0.2) is 19.3 Å². The van der Waals surface area contributed by atoms with Crippen LogP contribution in [0.2, 0.25) is 0 Å². The molecule has 5 aromatic carbocycles. The van der Waals surface area contributed by atoms with Gasteiger partial charge in [0.1, 0.15) is 0 Å². The van der Waals surface area contributed by atoms with E-state index < -0.39 is 0 Å². The van der Waals surface area contributed by atoms with Gasteiger partial charge in [0.05, 0.1) is 5.69 Å². The van der Waals surface area contributed by atoms with Crippen LogP contribution in [0.1, 0.15) is 40.7 Å². The van der Waals surface area contributed by atoms with Gasteiger partial charge in [0, 0.05) is 42.1 Å². The molecule has 0 amide bonds. The molecule has 0 radical (unpaired) electrons. The summed E-state index contributed by atoms with van der Waals surface area (Å²) in [7, 11) is 0. The number of hydrogen-bond acceptors (Lipinski definition) is 3. The molecule has 3 nitrogen and oxygen atoms in total. The molecule has 2 heterocycles. The molecule has 5 aromatic rings. The van der Waals surface area contributed by atoms with E-state index in [-0.39, 0.29) is 0 Å². The summed E-state index contributed by atoms with van der Waals surface area (Å²) in [5.41, 5.74) is 13.0. The third-order valence-corrected chi connectivity index (χ3v) is 8.58. The SMILES string of the molecule is C(=Nc1ccc(CCc2ccc(N(c3ccccc3)c3ccccc3)cc2)cc1)c1cc2c3c(c1)CCCN3CCC2. The van der Waals surface area contributed by atoms with Gasteiger partial charge >= 0.3 is 0 Å². The summed E-state index contributed by atoms with van der Waals surface area (Å²) in [4.78, 5) is 9.73. The van der Waals surface area contributed by atoms with Crippen LogP contribution in [0, 0.1) is 0 Å². The smallest absolute Gasteiger partial charge is 0.0630 e. The molecule has 7 rings (SSSR count). The molecule has 0 saturated heterocycles. The Hall–Kier alpha value is -4.63. The second-order valence-electron chi connectivity index (χ2n) is 11.5. The van der Waals surface area contributed by atoms with Crippen LogP contribution in [-0.2, 0) is 25.7 Å². The number of benzene rings is 5. The van der Waals surface area contributed by atoms with E-state index in [2.05, 4.69) is 137 Å². The van der Waals surface area contributed by atoms with Gasteiger partial charge in [0.15, 0.2) is 0 Å². The Morgan fingerprint density at radius 2 is 1.10 bits per heavy atom. The van der Waals surface area contributed by atoms with Crippen LogP contribution in [0.15, 0.2) is 126 Å². The van der Waals surface area contributed by atoms with E-state index in [9.17, 15) is 0 Å². The second-order valence-corrected chi connectivity index (χ2v) is 11.5. The fourth-order valence-electron chi connectivity index (χ4n) is 6.50. The molecule has 2 aliphatic heterocycles. The lowest BCUT2D eigenvalue weighted by atomic mass is 9.90. The average molecular weight is 548 g/mol. The van der Waals surface area contributed by atoms with Crippen LogP contribution in [0.3, 0.4) is 0 Å². The van der Waals surface area contributed by atoms with Crippen molar-refractivity contribution >= 4 is 34.7 Å². The molecule has 0 atom stereocenters. The van der Waals surface area contributed by atoms with Crippen molar-refractivity contribution in [1.82, 2.24) is 0 Å². The van der Waals surface area contributed by atoms with Crippen molar-refractivity contribution < 1.29 is 0 Å². The van der Waals surface area contributed by atoms with E-state index in [1.54, 1.807) is 0 Å². The summed E-state index contributed by atoms with van der Waals surface area (Å²) in [6.07, 6.45) is 8.97. The van der Waals surface area contributed by atoms with Crippen molar-refractivity contribution in [3.8, 4) is 0 Å². The normalized spacial score (nSPS) is 14.1. The lowest BCUT2D eigenvalue weighted by molar-refractivity contribution is 0.634. The summed E-state index contributed by atoms with van der Waals surface area (Å²) in [5, 5.41) is 0. The van der Waals surface area contributed by atoms with Crippen molar-refractivity contribution in [2.75, 3.05) is 22.9 Å². The third-order valence-electron chi connectivity index (χ3n) is 8.58. The summed E-state index contributed by atoms with van der Waals surface area (Å²) in [6, 6.07) is 43.6. The Balaban J connectivity index is 1.00. The number of aliphatic imine (C=N–C) groups is 1. The predicted molar refractivity (Wildman–Crippen MR) is 178 cm³/mol. The minimum atomic E-state index is 1.01. The Labute approximate surface area is 249 Å². The zero-order valence-corrected chi connectivity index (χ0v) is 24.1. The molecule has 42 heavy (non-hydrogen) atoms. The molecule has 0 aliphatic carbocycles. The highest BCUT2D eigenvalue weighted by Gasteiger charge is 2.23. The molecule has 2 aliphatic rings. The van der Waals surface area contributed by atoms with Gasteiger partial charge in [-0.2, -0.15) is 0 Å². The first kappa shape index (κ1) is 26.3. The monoisotopic (exact) mass is 547 g/mol. The fourth-order valence-corrected chi connectivity index (χ4v) is 6.50. The standard InChI is InChI=1S/C39H37N3/c1-3-11-36(12-4-1)42(37-13-5-2-6-14-37)38-23-19-31(20-24-38)16-15-30-17-21-35(22-18-30)40-29-32-27-33-9-7-25-41-26-8-10-34(28-32)39(33)41/h1-6,11-14,17-24,27-29H,7-10,15-16,25-26H2. The molecule has 0 N–H and O–H groups in total. The predicted octanol–water partition coefficient (Wildman–Crippen LogP) is 9.39. The van der Waals surface area contributed by atoms with Crippen LogP contribution in [0.4, 0.5) is 28.4 Å². The number of rotatable bonds is 8. The van der Waals surface area contributed by atoms with E-state index in [1.807, 2.05) is 0 Å². The molecule has 0 saturated carbocycles. The van der Waals surface area contributed by atoms with Crippen LogP contribution < -0.4 is 9.80 Å². The van der Waals surface area contributed by atoms with Gasteiger partial charge in [0.2, 0.25) is 0 Å². The third kappa shape index (κ3) is 5.73. The largest absolute Gasteiger partial charge is 0.371 e. The maximum atomic E-state index is 4.83. The van der Waals surface area contributed by atoms with E-state index in [1.165, 1.54) is 78.0 Å². The highest BCUT2D eigenvalue weighted by Crippen LogP contribution is 2.36. The fraction of sp³-hybridized carbons (Fsp3) is 0.205. The molecule has 0 aromatic heterocycles. The van der Waals surface area contributed by atoms with Gasteiger partial charge in [-0.3, -0.25) is 4.99 Å². The van der Waals surface area contributed by atoms with E-state index in [0.717, 1.165) is 29.9 Å². The minimum absolute atomic E-state index is 1.01. The van der Waals surface area contributed by atoms with Crippen molar-refractivity contribution in [1.29, 1.82) is 0 Å². The highest BCUT2D eigenvalue weighted by atomic mass is 15.1. The van der Waals surface area contributed by atoms with Crippen LogP contribution in [0.5, 0.6) is 0 Å². The van der Waals surface area contributed by atoms with Gasteiger partial charge in [-0.1, -0.05) is 60.7 Å². The number of nitrogens with zero attached hydrogens (tertiary/aromatic N) is 3. The number of aryl methyl sites for hydroxylation is 4. The van der Waals surface area contributed by atoms with Crippen LogP contribution in [0.25, 0.3) is 0 Å². The zero-order chi connectivity index (χ0) is 28.1. The summed E-state index contributed by atoms with van der Waals surface area (Å²) < 4.78 is 0. The lowest BCUT2D eigenvalue weighted by Crippen LogP contribution is -2.34. The Morgan fingerprint density at radius 3 is 1.64 bits per heavy atom. The summed E-state index contributed by atoms with van der Waals surface area (Å²) >= 11 is 0. The molecule has 208 valence electrons. The summed E-state index contributed by atoms with van der Waals surface area (Å²) in [5.74, 6) is 0. The lowest BCUT2D eigenvalue weighted by Gasteiger charge is -2.37. The van der Waals surface area contributed by atoms with Gasteiger partial charge in [-0.25, -0.2) is 0 Å². The number of para-hydroxylation sites is 2. The topological polar surface area (TPSA) is 18.8 Å². The number of hydrogen-bond donors (Lipinski definition) is 0. The average Bonchev–Trinajstić information content (AvgIpc) is 3.05. The van der Waals surface area contributed by atoms with E-state index in [4.69, 9.17) is 4.99 Å². The molecule has 0 unspecified atom stereocenters. The van der Waals surface area contributed by atoms with Crippen molar-refractivity contribution in [2.45, 2.75) is 38.5 Å². The Kier molecular flexibility index (Phi) is 7.56. The molecule has 0 fully saturated rings. The van der Waals surface area contributed by atoms with Gasteiger partial charge in [-0.15, -0.1) is 0 Å². The Morgan fingerprint density at radius 1 is 0.595 bits per heavy atom. The van der Waals surface area contributed by atoms with Crippen molar-refractivity contribution in [3.63, 3.8) is 0 Å². The van der Waals surface area contributed by atoms with E-state index >= 15 is 0 Å². The maximum absolute atomic E-state index is 4.83. The minimum Gasteiger partial charge on any atom is -0.371 e. The first-order valence-corrected chi connectivity index (χ1v) is 15.3. The number of anilines is 4. The molecule has 0 bridgehead atoms. The zero-order valence-electron chi connectivity index (χ0n) is 24.1. The Bertz CT molecular complexity index is 1590. The first-order valence-electron chi connectivity index (χ1n) is 15.3. The van der Waals surface area contributed by atoms with Gasteiger partial charge in [-0.05, 0) is 127 Å². The molecule has 0 spiro atoms. The molecular formula is C39H37N3. The van der Waals surface area contributed by atoms with Gasteiger partial charge in [0.25, 0.3) is 0 Å². The maximum Gasteiger partial charge on any atom is 0.0630 e. The molecule has 3 heteroatoms. The summed E-state index contributed by atoms with van der Waals surface area (Å²) in [6.45, 7) is 2.43. The van der Waals surface area contributed by atoms with Crippen LogP contribution >= 0.6 is 0 Å². The first-order chi connectivity index (χ1) is 20.8. The van der Waals surface area contributed by atoms with E-state index in [0.29, 0.717) is 0 Å². The quantitative estimate of drug-likeness (QED) is 0.180. The van der Waals surface area contributed by atoms with Crippen molar-refractivity contribution in [3.05, 3.63) is 149 Å². The highest BCUT2D eigenvalue weighted by molar-refractivity contribution is 5.85. The molecular weight excluding hydrogens is 510 g/mol. The second kappa shape index (κ2) is 12.1.